The van der Waals surface area contributed by atoms with Crippen LogP contribution in [0.4, 0.5) is 0 Å². The van der Waals surface area contributed by atoms with Gasteiger partial charge >= 0.3 is 0 Å². The molecule has 0 saturated carbocycles. The summed E-state index contributed by atoms with van der Waals surface area (Å²) >= 11 is 0. The Morgan fingerprint density at radius 1 is 1.37 bits per heavy atom. The Balaban J connectivity index is 0.00000180. The Labute approximate surface area is 120 Å². The van der Waals surface area contributed by atoms with Crippen LogP contribution in [0.1, 0.15) is 18.4 Å². The number of carbonyl (C=O) groups excluding carboxylic acids is 1. The molecule has 1 unspecified atom stereocenters. The number of hydrogen-bond acceptors (Lipinski definition) is 3. The maximum Gasteiger partial charge on any atom is 0.251 e. The average molecular weight is 285 g/mol. The third-order valence-electron chi connectivity index (χ3n) is 3.61. The highest BCUT2D eigenvalue weighted by molar-refractivity contribution is 5.85. The number of likely N-dealkylation sites (tertiary alicyclic amines) is 1. The Hall–Kier alpha value is -1.10. The highest BCUT2D eigenvalue weighted by atomic mass is 35.5. The van der Waals surface area contributed by atoms with E-state index in [0.717, 1.165) is 0 Å². The predicted octanol–water partition coefficient (Wildman–Crippen LogP) is 1.40. The molecule has 1 aliphatic rings. The Morgan fingerprint density at radius 2 is 2.00 bits per heavy atom. The van der Waals surface area contributed by atoms with Crippen LogP contribution in [-0.4, -0.2) is 43.2 Å². The van der Waals surface area contributed by atoms with Gasteiger partial charge in [-0.05, 0) is 12.5 Å². The van der Waals surface area contributed by atoms with Crippen LogP contribution in [0, 0.1) is 0 Å². The Morgan fingerprint density at radius 3 is 2.58 bits per heavy atom. The molecule has 1 aliphatic heterocycles. The van der Waals surface area contributed by atoms with Gasteiger partial charge in [0.15, 0.2) is 0 Å². The smallest absolute Gasteiger partial charge is 0.251 e. The second kappa shape index (κ2) is 6.89. The zero-order chi connectivity index (χ0) is 13.1. The molecule has 2 N–H and O–H groups in total. The maximum atomic E-state index is 12.0. The lowest BCUT2D eigenvalue weighted by Gasteiger charge is -2.19. The lowest BCUT2D eigenvalue weighted by molar-refractivity contribution is -0.139. The molecule has 0 bridgehead atoms. The van der Waals surface area contributed by atoms with Gasteiger partial charge in [-0.3, -0.25) is 4.79 Å². The summed E-state index contributed by atoms with van der Waals surface area (Å²) in [5.41, 5.74) is 7.35. The predicted molar refractivity (Wildman–Crippen MR) is 77.5 cm³/mol. The van der Waals surface area contributed by atoms with E-state index in [-0.39, 0.29) is 30.3 Å². The van der Waals surface area contributed by atoms with E-state index in [1.165, 1.54) is 5.56 Å². The lowest BCUT2D eigenvalue weighted by Crippen LogP contribution is -2.38. The van der Waals surface area contributed by atoms with Gasteiger partial charge in [-0.15, -0.1) is 12.4 Å². The maximum absolute atomic E-state index is 12.0. The van der Waals surface area contributed by atoms with Gasteiger partial charge in [0.25, 0.3) is 5.91 Å². The zero-order valence-electron chi connectivity index (χ0n) is 11.3. The van der Waals surface area contributed by atoms with E-state index in [1.807, 2.05) is 18.2 Å². The van der Waals surface area contributed by atoms with Crippen molar-refractivity contribution >= 4 is 18.3 Å². The van der Waals surface area contributed by atoms with E-state index < -0.39 is 6.10 Å². The third-order valence-corrected chi connectivity index (χ3v) is 3.61. The number of carbonyl (C=O) groups is 1. The standard InChI is InChI=1S/C14H20N2O2.ClH/c1-10(18-2)14(17)16-8-12(13(15)9-16)11-6-4-3-5-7-11;/h3-7,10,12-13H,8-9,15H2,1-2H3;1H/t10?,12-,13+;/m0./s1. The number of methoxy groups -OCH3 is 1. The van der Waals surface area contributed by atoms with Crippen molar-refractivity contribution in [1.29, 1.82) is 0 Å². The van der Waals surface area contributed by atoms with Crippen molar-refractivity contribution in [3.05, 3.63) is 35.9 Å². The molecule has 0 aliphatic carbocycles. The molecule has 1 aromatic rings. The largest absolute Gasteiger partial charge is 0.372 e. The quantitative estimate of drug-likeness (QED) is 0.913. The highest BCUT2D eigenvalue weighted by Crippen LogP contribution is 2.26. The summed E-state index contributed by atoms with van der Waals surface area (Å²) in [6.07, 6.45) is -0.397. The van der Waals surface area contributed by atoms with E-state index in [9.17, 15) is 4.79 Å². The van der Waals surface area contributed by atoms with Gasteiger partial charge in [0, 0.05) is 32.2 Å². The van der Waals surface area contributed by atoms with E-state index in [4.69, 9.17) is 10.5 Å². The minimum atomic E-state index is -0.397. The molecule has 0 aromatic heterocycles. The average Bonchev–Trinajstić information content (AvgIpc) is 2.80. The van der Waals surface area contributed by atoms with E-state index in [1.54, 1.807) is 18.9 Å². The van der Waals surface area contributed by atoms with Crippen LogP contribution >= 0.6 is 12.4 Å². The normalized spacial score (nSPS) is 23.8. The number of halogens is 1. The first-order valence-electron chi connectivity index (χ1n) is 6.25. The summed E-state index contributed by atoms with van der Waals surface area (Å²) in [7, 11) is 1.55. The summed E-state index contributed by atoms with van der Waals surface area (Å²) in [5, 5.41) is 0. The SMILES string of the molecule is COC(C)C(=O)N1C[C@@H](N)[C@H](c2ccccc2)C1.Cl. The van der Waals surface area contributed by atoms with Crippen molar-refractivity contribution in [2.75, 3.05) is 20.2 Å². The summed E-state index contributed by atoms with van der Waals surface area (Å²) in [5.74, 6) is 0.241. The van der Waals surface area contributed by atoms with Crippen molar-refractivity contribution in [3.63, 3.8) is 0 Å². The Kier molecular flexibility index (Phi) is 5.79. The van der Waals surface area contributed by atoms with Crippen molar-refractivity contribution < 1.29 is 9.53 Å². The fourth-order valence-electron chi connectivity index (χ4n) is 2.42. The molecule has 1 saturated heterocycles. The first-order chi connectivity index (χ1) is 8.63. The number of amides is 1. The monoisotopic (exact) mass is 284 g/mol. The number of hydrogen-bond donors (Lipinski definition) is 1. The van der Waals surface area contributed by atoms with Crippen LogP contribution in [0.25, 0.3) is 0 Å². The third kappa shape index (κ3) is 3.47. The van der Waals surface area contributed by atoms with Gasteiger partial charge in [0.1, 0.15) is 6.10 Å². The fourth-order valence-corrected chi connectivity index (χ4v) is 2.42. The zero-order valence-corrected chi connectivity index (χ0v) is 12.1. The first-order valence-corrected chi connectivity index (χ1v) is 6.25. The van der Waals surface area contributed by atoms with Crippen LogP contribution in [0.3, 0.4) is 0 Å². The van der Waals surface area contributed by atoms with E-state index >= 15 is 0 Å². The molecule has 106 valence electrons. The van der Waals surface area contributed by atoms with E-state index in [0.29, 0.717) is 13.1 Å². The number of nitrogens with zero attached hydrogens (tertiary/aromatic N) is 1. The summed E-state index contributed by atoms with van der Waals surface area (Å²) in [6.45, 7) is 3.05. The summed E-state index contributed by atoms with van der Waals surface area (Å²) in [6, 6.07) is 10.1. The van der Waals surface area contributed by atoms with Gasteiger partial charge in [-0.2, -0.15) is 0 Å². The topological polar surface area (TPSA) is 55.6 Å². The van der Waals surface area contributed by atoms with E-state index in [2.05, 4.69) is 12.1 Å². The molecule has 1 heterocycles. The molecule has 1 aromatic carbocycles. The molecule has 5 heteroatoms. The number of nitrogens with two attached hydrogens (primary N) is 1. The highest BCUT2D eigenvalue weighted by Gasteiger charge is 2.35. The number of benzene rings is 1. The molecule has 2 rings (SSSR count). The second-order valence-corrected chi connectivity index (χ2v) is 4.80. The number of rotatable bonds is 3. The molecule has 1 fully saturated rings. The van der Waals surface area contributed by atoms with Crippen LogP contribution in [-0.2, 0) is 9.53 Å². The molecular weight excluding hydrogens is 264 g/mol. The minimum Gasteiger partial charge on any atom is -0.372 e. The second-order valence-electron chi connectivity index (χ2n) is 4.80. The van der Waals surface area contributed by atoms with Gasteiger partial charge in [-0.1, -0.05) is 30.3 Å². The molecule has 0 spiro atoms. The van der Waals surface area contributed by atoms with Crippen molar-refractivity contribution in [3.8, 4) is 0 Å². The van der Waals surface area contributed by atoms with Crippen molar-refractivity contribution in [2.45, 2.75) is 25.0 Å². The molecule has 19 heavy (non-hydrogen) atoms. The summed E-state index contributed by atoms with van der Waals surface area (Å²) < 4.78 is 5.07. The first kappa shape index (κ1) is 16.0. The van der Waals surface area contributed by atoms with Gasteiger partial charge < -0.3 is 15.4 Å². The van der Waals surface area contributed by atoms with Crippen LogP contribution < -0.4 is 5.73 Å². The van der Waals surface area contributed by atoms with Gasteiger partial charge in [0.05, 0.1) is 0 Å². The lowest BCUT2D eigenvalue weighted by atomic mass is 9.95. The molecule has 0 radical (unpaired) electrons. The van der Waals surface area contributed by atoms with Crippen LogP contribution in [0.5, 0.6) is 0 Å². The van der Waals surface area contributed by atoms with Crippen molar-refractivity contribution in [2.24, 2.45) is 5.73 Å². The van der Waals surface area contributed by atoms with Crippen molar-refractivity contribution in [1.82, 2.24) is 4.90 Å². The number of ether oxygens (including phenoxy) is 1. The minimum absolute atomic E-state index is 0. The molecular formula is C14H21ClN2O2. The molecule has 3 atom stereocenters. The Bertz CT molecular complexity index is 413. The molecule has 1 amide bonds. The van der Waals surface area contributed by atoms with Crippen LogP contribution in [0.15, 0.2) is 30.3 Å². The van der Waals surface area contributed by atoms with Crippen LogP contribution in [0.2, 0.25) is 0 Å². The molecule has 4 nitrogen and oxygen atoms in total. The van der Waals surface area contributed by atoms with Gasteiger partial charge in [0.2, 0.25) is 0 Å². The summed E-state index contributed by atoms with van der Waals surface area (Å²) in [4.78, 5) is 13.8. The fraction of sp³-hybridized carbons (Fsp3) is 0.500. The van der Waals surface area contributed by atoms with Gasteiger partial charge in [-0.25, -0.2) is 0 Å².